The van der Waals surface area contributed by atoms with Crippen LogP contribution in [0.15, 0.2) is 63.7 Å². The summed E-state index contributed by atoms with van der Waals surface area (Å²) in [5.41, 5.74) is 7.62. The van der Waals surface area contributed by atoms with Crippen molar-refractivity contribution in [3.63, 3.8) is 0 Å². The number of nitro groups is 1. The zero-order chi connectivity index (χ0) is 26.0. The lowest BCUT2D eigenvalue weighted by Gasteiger charge is -2.32. The summed E-state index contributed by atoms with van der Waals surface area (Å²) in [6.07, 6.45) is 1.48. The molecule has 4 rings (SSSR count). The molecule has 1 heterocycles. The van der Waals surface area contributed by atoms with Crippen LogP contribution < -0.4 is 15.2 Å². The van der Waals surface area contributed by atoms with Gasteiger partial charge in [0.05, 0.1) is 29.5 Å². The maximum Gasteiger partial charge on any atom is 0.340 e. The van der Waals surface area contributed by atoms with Gasteiger partial charge in [0, 0.05) is 30.5 Å². The second-order valence-electron chi connectivity index (χ2n) is 8.17. The van der Waals surface area contributed by atoms with Crippen LogP contribution in [0.25, 0.3) is 0 Å². The molecule has 1 aliphatic heterocycles. The third-order valence-corrected chi connectivity index (χ3v) is 6.57. The first-order valence-electron chi connectivity index (χ1n) is 11.0. The molecule has 188 valence electrons. The summed E-state index contributed by atoms with van der Waals surface area (Å²) in [4.78, 5) is 36.2. The lowest BCUT2D eigenvalue weighted by Crippen LogP contribution is -2.31. The van der Waals surface area contributed by atoms with E-state index < -0.39 is 16.8 Å². The van der Waals surface area contributed by atoms with Crippen LogP contribution in [0.2, 0.25) is 0 Å². The van der Waals surface area contributed by atoms with E-state index in [1.165, 1.54) is 26.4 Å². The number of carbonyl (C=O) groups is 2. The smallest absolute Gasteiger partial charge is 0.340 e. The first kappa shape index (κ1) is 25.2. The lowest BCUT2D eigenvalue weighted by atomic mass is 9.77. The number of nitro benzene ring substituents is 1. The minimum atomic E-state index is -0.815. The van der Waals surface area contributed by atoms with E-state index in [0.29, 0.717) is 57.7 Å². The average molecular weight is 559 g/mol. The minimum Gasteiger partial charge on any atom is -0.493 e. The number of methoxy groups -OCH3 is 2. The van der Waals surface area contributed by atoms with Gasteiger partial charge < -0.3 is 24.7 Å². The summed E-state index contributed by atoms with van der Waals surface area (Å²) in [7, 11) is 2.69. The fraction of sp³-hybridized carbons (Fsp3) is 0.280. The summed E-state index contributed by atoms with van der Waals surface area (Å²) >= 11 is 3.50. The Balaban J connectivity index is 1.74. The van der Waals surface area contributed by atoms with Crippen LogP contribution in [-0.2, 0) is 25.7 Å². The van der Waals surface area contributed by atoms with E-state index in [1.54, 1.807) is 24.3 Å². The lowest BCUT2D eigenvalue weighted by molar-refractivity contribution is -0.384. The second kappa shape index (κ2) is 10.4. The number of benzene rings is 2. The molecule has 0 amide bonds. The molecule has 0 bridgehead atoms. The van der Waals surface area contributed by atoms with E-state index in [1.807, 2.05) is 0 Å². The molecule has 2 aromatic rings. The molecule has 2 aliphatic rings. The molecule has 0 unspecified atom stereocenters. The first-order valence-corrected chi connectivity index (χ1v) is 11.8. The SMILES string of the molecule is COC(=O)C1=C(N)OC2=C(C(=O)CCC2)[C@@H]1c1cc(Br)c(OCc2cccc([N+](=O)[O-])c2)c(OC)c1. The second-order valence-corrected chi connectivity index (χ2v) is 9.02. The zero-order valence-corrected chi connectivity index (χ0v) is 21.1. The molecule has 0 radical (unpaired) electrons. The van der Waals surface area contributed by atoms with E-state index in [4.69, 9.17) is 24.7 Å². The van der Waals surface area contributed by atoms with Gasteiger partial charge in [-0.25, -0.2) is 4.79 Å². The quantitative estimate of drug-likeness (QED) is 0.297. The summed E-state index contributed by atoms with van der Waals surface area (Å²) < 4.78 is 22.6. The Labute approximate surface area is 214 Å². The van der Waals surface area contributed by atoms with E-state index in [2.05, 4.69) is 15.9 Å². The van der Waals surface area contributed by atoms with E-state index >= 15 is 0 Å². The Morgan fingerprint density at radius 2 is 2.03 bits per heavy atom. The number of halogens is 1. The van der Waals surface area contributed by atoms with E-state index in [9.17, 15) is 19.7 Å². The van der Waals surface area contributed by atoms with Gasteiger partial charge in [0.25, 0.3) is 5.69 Å². The molecule has 0 fully saturated rings. The number of ketones is 1. The predicted octanol–water partition coefficient (Wildman–Crippen LogP) is 4.41. The number of allylic oxidation sites excluding steroid dienone is 2. The van der Waals surface area contributed by atoms with Gasteiger partial charge in [-0.15, -0.1) is 0 Å². The van der Waals surface area contributed by atoms with Crippen LogP contribution in [-0.4, -0.2) is 30.9 Å². The van der Waals surface area contributed by atoms with Crippen LogP contribution in [0.1, 0.15) is 36.3 Å². The number of hydrogen-bond acceptors (Lipinski definition) is 9. The summed E-state index contributed by atoms with van der Waals surface area (Å²) in [5.74, 6) is -0.640. The van der Waals surface area contributed by atoms with Gasteiger partial charge in [-0.3, -0.25) is 14.9 Å². The van der Waals surface area contributed by atoms with Crippen LogP contribution in [0.5, 0.6) is 11.5 Å². The van der Waals surface area contributed by atoms with Gasteiger partial charge in [0.1, 0.15) is 17.9 Å². The van der Waals surface area contributed by atoms with Gasteiger partial charge in [-0.05, 0) is 45.6 Å². The Kier molecular flexibility index (Phi) is 7.30. The normalized spacial score (nSPS) is 17.3. The number of esters is 1. The fourth-order valence-corrected chi connectivity index (χ4v) is 4.93. The maximum absolute atomic E-state index is 12.9. The highest BCUT2D eigenvalue weighted by Gasteiger charge is 2.41. The molecule has 2 N–H and O–H groups in total. The monoisotopic (exact) mass is 558 g/mol. The van der Waals surface area contributed by atoms with Gasteiger partial charge in [-0.2, -0.15) is 0 Å². The standard InChI is InChI=1S/C25H23BrN2O8/c1-33-19-11-14(10-16(26)23(19)35-12-13-5-3-6-15(9-13)28(31)32)20-21-17(29)7-4-8-18(21)36-24(27)22(20)25(30)34-2/h3,5-6,9-11,20H,4,7-8,12,27H2,1-2H3/t20-/m0/s1. The van der Waals surface area contributed by atoms with E-state index in [-0.39, 0.29) is 29.5 Å². The van der Waals surface area contributed by atoms with Crippen molar-refractivity contribution in [2.24, 2.45) is 5.73 Å². The predicted molar refractivity (Wildman–Crippen MR) is 131 cm³/mol. The molecule has 0 saturated carbocycles. The molecule has 11 heteroatoms. The van der Waals surface area contributed by atoms with Crippen LogP contribution in [0, 0.1) is 10.1 Å². The van der Waals surface area contributed by atoms with Crippen LogP contribution >= 0.6 is 15.9 Å². The van der Waals surface area contributed by atoms with Gasteiger partial charge in [0.15, 0.2) is 17.3 Å². The summed E-state index contributed by atoms with van der Waals surface area (Å²) in [6, 6.07) is 9.49. The van der Waals surface area contributed by atoms with Crippen molar-refractivity contribution in [1.29, 1.82) is 0 Å². The van der Waals surface area contributed by atoms with Gasteiger partial charge in [0.2, 0.25) is 5.88 Å². The van der Waals surface area contributed by atoms with Crippen molar-refractivity contribution in [2.45, 2.75) is 31.8 Å². The number of ether oxygens (including phenoxy) is 4. The van der Waals surface area contributed by atoms with Crippen LogP contribution in [0.4, 0.5) is 5.69 Å². The molecule has 0 spiro atoms. The topological polar surface area (TPSA) is 140 Å². The third kappa shape index (κ3) is 4.78. The Morgan fingerprint density at radius 3 is 2.72 bits per heavy atom. The Bertz CT molecular complexity index is 1320. The number of non-ortho nitro benzene ring substituents is 1. The first-order chi connectivity index (χ1) is 17.2. The highest BCUT2D eigenvalue weighted by atomic mass is 79.9. The van der Waals surface area contributed by atoms with Gasteiger partial charge in [-0.1, -0.05) is 12.1 Å². The van der Waals surface area contributed by atoms with Crippen molar-refractivity contribution >= 4 is 33.4 Å². The number of carbonyl (C=O) groups excluding carboxylic acids is 2. The number of Topliss-reactive ketones (excluding diaryl/α,β-unsaturated/α-hetero) is 1. The molecule has 1 atom stereocenters. The number of nitrogens with zero attached hydrogens (tertiary/aromatic N) is 1. The van der Waals surface area contributed by atoms with Gasteiger partial charge >= 0.3 is 5.97 Å². The highest BCUT2D eigenvalue weighted by molar-refractivity contribution is 9.10. The Hall–Kier alpha value is -3.86. The maximum atomic E-state index is 12.9. The van der Waals surface area contributed by atoms with Crippen molar-refractivity contribution in [1.82, 2.24) is 0 Å². The average Bonchev–Trinajstić information content (AvgIpc) is 2.86. The number of rotatable bonds is 7. The number of nitrogens with two attached hydrogens (primary N) is 1. The molecule has 0 aromatic heterocycles. The fourth-order valence-electron chi connectivity index (χ4n) is 4.36. The zero-order valence-electron chi connectivity index (χ0n) is 19.5. The molecule has 1 aliphatic carbocycles. The minimum absolute atomic E-state index is 0.0331. The molecule has 0 saturated heterocycles. The Morgan fingerprint density at radius 1 is 1.25 bits per heavy atom. The summed E-state index contributed by atoms with van der Waals surface area (Å²) in [5, 5.41) is 11.1. The molecular formula is C25H23BrN2O8. The van der Waals surface area contributed by atoms with Crippen molar-refractivity contribution in [3.8, 4) is 11.5 Å². The molecular weight excluding hydrogens is 536 g/mol. The van der Waals surface area contributed by atoms with E-state index in [0.717, 1.165) is 0 Å². The van der Waals surface area contributed by atoms with Crippen molar-refractivity contribution in [3.05, 3.63) is 84.9 Å². The molecule has 2 aromatic carbocycles. The molecule has 36 heavy (non-hydrogen) atoms. The third-order valence-electron chi connectivity index (χ3n) is 5.98. The largest absolute Gasteiger partial charge is 0.493 e. The van der Waals surface area contributed by atoms with Crippen LogP contribution in [0.3, 0.4) is 0 Å². The number of hydrogen-bond donors (Lipinski definition) is 1. The highest BCUT2D eigenvalue weighted by Crippen LogP contribution is 2.47. The van der Waals surface area contributed by atoms with Crippen molar-refractivity contribution in [2.75, 3.05) is 14.2 Å². The van der Waals surface area contributed by atoms with Crippen molar-refractivity contribution < 1.29 is 33.5 Å². The molecule has 10 nitrogen and oxygen atoms in total. The summed E-state index contributed by atoms with van der Waals surface area (Å²) in [6.45, 7) is 0.0430.